The Balaban J connectivity index is 0.000000541. The predicted octanol–water partition coefficient (Wildman–Crippen LogP) is 7.69. The third kappa shape index (κ3) is 6.72. The third-order valence-corrected chi connectivity index (χ3v) is 20.2. The molecule has 4 aromatic rings. The zero-order valence-corrected chi connectivity index (χ0v) is 33.5. The van der Waals surface area contributed by atoms with Crippen molar-refractivity contribution in [3.8, 4) is 22.4 Å². The van der Waals surface area contributed by atoms with Crippen LogP contribution in [0.25, 0.3) is 33.2 Å². The largest absolute Gasteiger partial charge is 0 e. The molecule has 1 N–H and O–H groups in total. The number of benzene rings is 3. The number of nitrogens with zero attached hydrogens (tertiary/aromatic N) is 1. The van der Waals surface area contributed by atoms with E-state index in [-0.39, 0.29) is 37.1 Å². The molecule has 42 heavy (non-hydrogen) atoms. The number of carbonyl (C=O) groups excluding carboxylic acids is 1. The van der Waals surface area contributed by atoms with Crippen LogP contribution in [0.15, 0.2) is 66.6 Å². The molecular weight excluding hydrogens is 816 g/mol. The molecule has 0 unspecified atom stereocenters. The fourth-order valence-corrected chi connectivity index (χ4v) is 19.0. The fourth-order valence-electron chi connectivity index (χ4n) is 6.47. The maximum absolute atomic E-state index is 10.0. The maximum atomic E-state index is 10.0. The summed E-state index contributed by atoms with van der Waals surface area (Å²) < 4.78 is 4.87. The van der Waals surface area contributed by atoms with E-state index < -0.39 is 26.5 Å². The van der Waals surface area contributed by atoms with Crippen molar-refractivity contribution >= 4 is 56.3 Å². The Morgan fingerprint density at radius 2 is 1.60 bits per heavy atom. The first-order valence-corrected chi connectivity index (χ1v) is 28.1. The first kappa shape index (κ1) is 34.5. The van der Waals surface area contributed by atoms with Gasteiger partial charge in [-0.1, -0.05) is 0 Å². The van der Waals surface area contributed by atoms with Crippen LogP contribution in [0.4, 0.5) is 0 Å². The van der Waals surface area contributed by atoms with E-state index in [1.165, 1.54) is 51.8 Å². The summed E-state index contributed by atoms with van der Waals surface area (Å²) in [5.41, 5.74) is 8.19. The van der Waals surface area contributed by atoms with Gasteiger partial charge in [0, 0.05) is 26.2 Å². The normalized spacial score (nSPS) is 13.9. The summed E-state index contributed by atoms with van der Waals surface area (Å²) in [4.78, 5) is 15.1. The molecule has 2 heterocycles. The number of ketones is 1. The molecule has 5 rings (SSSR count). The molecule has 1 aliphatic rings. The van der Waals surface area contributed by atoms with Crippen LogP contribution in [0.2, 0.25) is 28.8 Å². The molecule has 223 valence electrons. The number of pyridine rings is 1. The fraction of sp³-hybridized carbons (Fsp3) is 0.333. The molecule has 0 aliphatic carbocycles. The Kier molecular flexibility index (Phi) is 10.3. The number of hydrogen-bond donors (Lipinski definition) is 1. The number of aliphatic hydroxyl groups excluding tert-OH is 1. The van der Waals surface area contributed by atoms with Gasteiger partial charge in [-0.25, -0.2) is 0 Å². The monoisotopic (exact) mass is 863 g/mol. The number of allylic oxidation sites excluding steroid dienone is 2. The van der Waals surface area contributed by atoms with E-state index in [1.807, 2.05) is 6.20 Å². The number of carbonyl (C=O) groups is 1. The van der Waals surface area contributed by atoms with Crippen molar-refractivity contribution in [1.82, 2.24) is 4.98 Å². The van der Waals surface area contributed by atoms with Crippen LogP contribution < -0.4 is 13.2 Å². The summed E-state index contributed by atoms with van der Waals surface area (Å²) in [5, 5.41) is 10.8. The molecule has 1 radical (unpaired) electrons. The predicted molar refractivity (Wildman–Crippen MR) is 182 cm³/mol. The van der Waals surface area contributed by atoms with Crippen LogP contribution in [0.3, 0.4) is 0 Å². The summed E-state index contributed by atoms with van der Waals surface area (Å²) in [7, 11) is 0. The van der Waals surface area contributed by atoms with Gasteiger partial charge in [0.1, 0.15) is 0 Å². The van der Waals surface area contributed by atoms with Crippen molar-refractivity contribution in [2.75, 3.05) is 0 Å². The van der Waals surface area contributed by atoms with E-state index in [0.29, 0.717) is 0 Å². The summed E-state index contributed by atoms with van der Waals surface area (Å²) in [6.45, 7) is 12.2. The Morgan fingerprint density at radius 1 is 0.976 bits per heavy atom. The molecule has 0 amide bonds. The molecule has 3 nitrogen and oxygen atoms in total. The molecule has 0 bridgehead atoms. The van der Waals surface area contributed by atoms with E-state index in [2.05, 4.69) is 111 Å². The Morgan fingerprint density at radius 3 is 2.14 bits per heavy atom. The number of aromatic nitrogens is 1. The molecule has 3 aromatic carbocycles. The Labute approximate surface area is 271 Å². The standard InChI is InChI=1S/C31H36Ge2N.C5H8O2.Ir/c1-20-27(32(5,6)7)15-14-24-25-16-17-34-30(29(25)33(8,9)28(20)24)22-18-21-12-10-11-13-23(21)26(19-22)31(2,3)4;1-4(6)3-5(2)7;/h10-17,19H,1-9H3;3,6H,1-2H3;/q-1;;/b;4-3-;. The molecular formula is C36H44Ge2IrNO2-. The Hall–Kier alpha value is -1.98. The molecule has 0 saturated heterocycles. The van der Waals surface area contributed by atoms with Crippen molar-refractivity contribution in [2.45, 2.75) is 75.7 Å². The molecule has 0 fully saturated rings. The quantitative estimate of drug-likeness (QED) is 0.0996. The summed E-state index contributed by atoms with van der Waals surface area (Å²) in [6.07, 6.45) is 3.19. The van der Waals surface area contributed by atoms with E-state index in [0.717, 1.165) is 11.3 Å². The zero-order valence-electron chi connectivity index (χ0n) is 26.9. The van der Waals surface area contributed by atoms with E-state index in [9.17, 15) is 4.79 Å². The third-order valence-electron chi connectivity index (χ3n) is 8.01. The van der Waals surface area contributed by atoms with Gasteiger partial charge >= 0.3 is 212 Å². The van der Waals surface area contributed by atoms with Gasteiger partial charge in [-0.3, -0.25) is 4.79 Å². The number of hydrogen-bond acceptors (Lipinski definition) is 3. The number of fused-ring (bicyclic) bond motifs is 4. The van der Waals surface area contributed by atoms with Gasteiger partial charge in [0.2, 0.25) is 0 Å². The van der Waals surface area contributed by atoms with Crippen molar-refractivity contribution in [1.29, 1.82) is 0 Å². The van der Waals surface area contributed by atoms with Gasteiger partial charge in [-0.05, 0) is 13.8 Å². The molecule has 0 saturated carbocycles. The van der Waals surface area contributed by atoms with Gasteiger partial charge in [0.05, 0.1) is 5.76 Å². The first-order valence-electron chi connectivity index (χ1n) is 14.4. The maximum Gasteiger partial charge on any atom is 0 e. The van der Waals surface area contributed by atoms with Gasteiger partial charge in [-0.2, -0.15) is 0 Å². The summed E-state index contributed by atoms with van der Waals surface area (Å²) in [5.74, 6) is 12.6. The van der Waals surface area contributed by atoms with Gasteiger partial charge in [-0.15, -0.1) is 0 Å². The average molecular weight is 860 g/mol. The van der Waals surface area contributed by atoms with E-state index in [4.69, 9.17) is 10.1 Å². The molecule has 0 spiro atoms. The molecule has 6 heteroatoms. The van der Waals surface area contributed by atoms with Gasteiger partial charge < -0.3 is 5.11 Å². The van der Waals surface area contributed by atoms with Crippen LogP contribution in [0.1, 0.15) is 45.7 Å². The molecule has 1 aliphatic heterocycles. The summed E-state index contributed by atoms with van der Waals surface area (Å²) in [6, 6.07) is 22.0. The zero-order chi connectivity index (χ0) is 30.5. The van der Waals surface area contributed by atoms with E-state index >= 15 is 0 Å². The molecule has 0 atom stereocenters. The van der Waals surface area contributed by atoms with Crippen molar-refractivity contribution in [3.63, 3.8) is 0 Å². The second-order valence-electron chi connectivity index (χ2n) is 13.9. The van der Waals surface area contributed by atoms with Crippen molar-refractivity contribution in [3.05, 3.63) is 83.8 Å². The number of rotatable bonds is 3. The first-order chi connectivity index (χ1) is 18.9. The van der Waals surface area contributed by atoms with Crippen molar-refractivity contribution < 1.29 is 30.0 Å². The van der Waals surface area contributed by atoms with E-state index in [1.54, 1.807) is 14.4 Å². The van der Waals surface area contributed by atoms with Crippen molar-refractivity contribution in [2.24, 2.45) is 0 Å². The average Bonchev–Trinajstić information content (AvgIpc) is 3.09. The number of aliphatic hydroxyl groups is 1. The smallest absolute Gasteiger partial charge is 0 e. The molecule has 1 aromatic heterocycles. The van der Waals surface area contributed by atoms with Crippen LogP contribution >= 0.6 is 0 Å². The second kappa shape index (κ2) is 12.6. The van der Waals surface area contributed by atoms with Crippen LogP contribution in [0.5, 0.6) is 0 Å². The minimum atomic E-state index is -2.59. The minimum Gasteiger partial charge on any atom is 0 e. The van der Waals surface area contributed by atoms with Crippen LogP contribution in [-0.4, -0.2) is 42.4 Å². The minimum absolute atomic E-state index is 0. The Bertz CT molecular complexity index is 1690. The summed E-state index contributed by atoms with van der Waals surface area (Å²) >= 11 is -4.55. The topological polar surface area (TPSA) is 50.2 Å². The van der Waals surface area contributed by atoms with Crippen LogP contribution in [-0.2, 0) is 30.3 Å². The van der Waals surface area contributed by atoms with Gasteiger partial charge in [0.25, 0.3) is 0 Å². The second-order valence-corrected chi connectivity index (χ2v) is 33.4. The van der Waals surface area contributed by atoms with Gasteiger partial charge in [0.15, 0.2) is 5.78 Å². The van der Waals surface area contributed by atoms with Crippen LogP contribution in [0, 0.1) is 13.0 Å². The SMILES string of the molecule is CC(=O)/C=C(/C)O.Cc1[c]([Ge]([CH3])([CH3])[CH3])ccc2[c]1[Ge]([CH3])([CH3])[c]1c-2ccnc1-c1[c-]c2ccccc2c(C(C)(C)C)c1.[Ir].